The number of amides is 1. The second-order valence-electron chi connectivity index (χ2n) is 7.59. The number of nitrogens with one attached hydrogen (secondary N) is 2. The van der Waals surface area contributed by atoms with Gasteiger partial charge in [0.05, 0.1) is 12.0 Å². The van der Waals surface area contributed by atoms with E-state index in [0.29, 0.717) is 18.5 Å². The summed E-state index contributed by atoms with van der Waals surface area (Å²) in [7, 11) is 0. The van der Waals surface area contributed by atoms with Gasteiger partial charge in [0, 0.05) is 30.5 Å². The van der Waals surface area contributed by atoms with Crippen LogP contribution in [0.1, 0.15) is 50.2 Å². The lowest BCUT2D eigenvalue weighted by Crippen LogP contribution is -2.43. The fraction of sp³-hybridized carbons (Fsp3) is 0.455. The van der Waals surface area contributed by atoms with Crippen LogP contribution in [0.2, 0.25) is 0 Å². The van der Waals surface area contributed by atoms with Crippen LogP contribution in [0.25, 0.3) is 0 Å². The molecule has 0 unspecified atom stereocenters. The first-order valence-corrected chi connectivity index (χ1v) is 9.93. The molecule has 0 bridgehead atoms. The zero-order valence-corrected chi connectivity index (χ0v) is 15.8. The zero-order chi connectivity index (χ0) is 18.7. The van der Waals surface area contributed by atoms with Crippen molar-refractivity contribution in [1.82, 2.24) is 10.3 Å². The molecule has 1 amide bonds. The number of para-hydroxylation sites is 1. The first-order valence-electron chi connectivity index (χ1n) is 9.93. The van der Waals surface area contributed by atoms with Crippen molar-refractivity contribution in [2.24, 2.45) is 0 Å². The van der Waals surface area contributed by atoms with Crippen molar-refractivity contribution >= 4 is 11.6 Å². The number of fused-ring (bicyclic) bond motifs is 2. The molecule has 0 saturated heterocycles. The monoisotopic (exact) mass is 365 g/mol. The fourth-order valence-electron chi connectivity index (χ4n) is 4.25. The van der Waals surface area contributed by atoms with E-state index < -0.39 is 0 Å². The van der Waals surface area contributed by atoms with Gasteiger partial charge >= 0.3 is 0 Å². The molecule has 1 fully saturated rings. The van der Waals surface area contributed by atoms with Crippen molar-refractivity contribution in [2.45, 2.75) is 57.0 Å². The maximum absolute atomic E-state index is 12.6. The van der Waals surface area contributed by atoms with Crippen LogP contribution in [0.5, 0.6) is 5.88 Å². The van der Waals surface area contributed by atoms with Gasteiger partial charge in [0.15, 0.2) is 0 Å². The van der Waals surface area contributed by atoms with E-state index in [1.807, 2.05) is 30.5 Å². The van der Waals surface area contributed by atoms with Crippen LogP contribution in [0.3, 0.4) is 0 Å². The van der Waals surface area contributed by atoms with Crippen molar-refractivity contribution in [3.05, 3.63) is 53.7 Å². The molecule has 2 heterocycles. The van der Waals surface area contributed by atoms with Crippen LogP contribution in [-0.2, 0) is 16.8 Å². The molecule has 2 aliphatic rings. The van der Waals surface area contributed by atoms with Crippen LogP contribution in [0, 0.1) is 0 Å². The molecule has 1 aliphatic carbocycles. The Kier molecular flexibility index (Phi) is 5.12. The quantitative estimate of drug-likeness (QED) is 0.817. The van der Waals surface area contributed by atoms with Gasteiger partial charge in [0.2, 0.25) is 11.8 Å². The number of benzene rings is 1. The Balaban J connectivity index is 1.32. The molecule has 4 rings (SSSR count). The van der Waals surface area contributed by atoms with Crippen LogP contribution in [0.4, 0.5) is 5.69 Å². The second kappa shape index (κ2) is 7.69. The van der Waals surface area contributed by atoms with Crippen molar-refractivity contribution in [3.8, 4) is 5.88 Å². The predicted molar refractivity (Wildman–Crippen MR) is 106 cm³/mol. The van der Waals surface area contributed by atoms with E-state index in [1.165, 1.54) is 5.56 Å². The molecule has 1 aromatic carbocycles. The Morgan fingerprint density at radius 3 is 2.78 bits per heavy atom. The van der Waals surface area contributed by atoms with Crippen molar-refractivity contribution in [3.63, 3.8) is 0 Å². The molecule has 1 saturated carbocycles. The molecule has 0 radical (unpaired) electrons. The topological polar surface area (TPSA) is 63.2 Å². The van der Waals surface area contributed by atoms with Gasteiger partial charge in [-0.15, -0.1) is 0 Å². The van der Waals surface area contributed by atoms with Gasteiger partial charge in [-0.25, -0.2) is 4.98 Å². The molecule has 5 nitrogen and oxygen atoms in total. The molecule has 0 atom stereocenters. The number of ether oxygens (including phenoxy) is 1. The molecule has 5 heteroatoms. The van der Waals surface area contributed by atoms with E-state index in [0.717, 1.165) is 49.9 Å². The fourth-order valence-corrected chi connectivity index (χ4v) is 4.25. The van der Waals surface area contributed by atoms with Gasteiger partial charge in [0.1, 0.15) is 0 Å². The summed E-state index contributed by atoms with van der Waals surface area (Å²) < 4.78 is 5.53. The maximum atomic E-state index is 12.6. The highest BCUT2D eigenvalue weighted by Gasteiger charge is 2.48. The lowest BCUT2D eigenvalue weighted by molar-refractivity contribution is -0.122. The molecule has 1 spiro atoms. The van der Waals surface area contributed by atoms with E-state index in [2.05, 4.69) is 34.7 Å². The minimum absolute atomic E-state index is 0.175. The summed E-state index contributed by atoms with van der Waals surface area (Å²) in [5, 5.41) is 6.70. The summed E-state index contributed by atoms with van der Waals surface area (Å²) in [6.07, 6.45) is 6.67. The first-order chi connectivity index (χ1) is 13.2. The van der Waals surface area contributed by atoms with Gasteiger partial charge in [-0.3, -0.25) is 4.79 Å². The largest absolute Gasteiger partial charge is 0.478 e. The highest BCUT2D eigenvalue weighted by Crippen LogP contribution is 2.47. The van der Waals surface area contributed by atoms with E-state index >= 15 is 0 Å². The number of anilines is 1. The highest BCUT2D eigenvalue weighted by molar-refractivity contribution is 6.06. The van der Waals surface area contributed by atoms with E-state index in [1.54, 1.807) is 0 Å². The second-order valence-corrected chi connectivity index (χ2v) is 7.59. The van der Waals surface area contributed by atoms with E-state index in [9.17, 15) is 4.79 Å². The molecule has 142 valence electrons. The van der Waals surface area contributed by atoms with E-state index in [4.69, 9.17) is 4.74 Å². The Bertz CT molecular complexity index is 795. The summed E-state index contributed by atoms with van der Waals surface area (Å²) in [6, 6.07) is 12.6. The third-order valence-corrected chi connectivity index (χ3v) is 5.81. The summed E-state index contributed by atoms with van der Waals surface area (Å²) in [6.45, 7) is 3.58. The lowest BCUT2D eigenvalue weighted by atomic mass is 9.69. The number of hydrogen-bond donors (Lipinski definition) is 2. The van der Waals surface area contributed by atoms with Crippen LogP contribution in [0.15, 0.2) is 42.6 Å². The predicted octanol–water partition coefficient (Wildman–Crippen LogP) is 3.79. The Labute approximate surface area is 160 Å². The maximum Gasteiger partial charge on any atom is 0.235 e. The van der Waals surface area contributed by atoms with Crippen molar-refractivity contribution < 1.29 is 9.53 Å². The average Bonchev–Trinajstić information content (AvgIpc) is 2.98. The van der Waals surface area contributed by atoms with Crippen molar-refractivity contribution in [2.75, 3.05) is 11.9 Å². The molecule has 2 N–H and O–H groups in total. The van der Waals surface area contributed by atoms with Gasteiger partial charge in [-0.05, 0) is 49.3 Å². The third-order valence-electron chi connectivity index (χ3n) is 5.81. The van der Waals surface area contributed by atoms with Gasteiger partial charge in [-0.2, -0.15) is 0 Å². The first kappa shape index (κ1) is 18.0. The number of carbonyl (C=O) groups is 1. The molecular formula is C22H27N3O2. The minimum atomic E-state index is -0.325. The number of carbonyl (C=O) groups excluding carboxylic acids is 1. The Hall–Kier alpha value is -2.40. The number of rotatable bonds is 6. The average molecular weight is 365 g/mol. The number of hydrogen-bond acceptors (Lipinski definition) is 4. The van der Waals surface area contributed by atoms with Gasteiger partial charge in [0.25, 0.3) is 0 Å². The van der Waals surface area contributed by atoms with Crippen molar-refractivity contribution in [1.29, 1.82) is 0 Å². The standard InChI is InChI=1S/C22H27N3O2/c1-2-13-27-20-8-7-16(15-24-20)14-23-17-9-11-22(12-10-17)18-5-3-4-6-19(18)25-21(22)26/h3-8,15,17,23H,2,9-14H2,1H3,(H,25,26). The highest BCUT2D eigenvalue weighted by atomic mass is 16.5. The zero-order valence-electron chi connectivity index (χ0n) is 15.8. The van der Waals surface area contributed by atoms with Crippen LogP contribution >= 0.6 is 0 Å². The van der Waals surface area contributed by atoms with E-state index in [-0.39, 0.29) is 11.3 Å². The summed E-state index contributed by atoms with van der Waals surface area (Å²) >= 11 is 0. The number of aromatic nitrogens is 1. The number of pyridine rings is 1. The summed E-state index contributed by atoms with van der Waals surface area (Å²) in [5.41, 5.74) is 3.00. The molecular weight excluding hydrogens is 338 g/mol. The molecule has 1 aromatic heterocycles. The minimum Gasteiger partial charge on any atom is -0.478 e. The van der Waals surface area contributed by atoms with Crippen LogP contribution in [-0.4, -0.2) is 23.5 Å². The summed E-state index contributed by atoms with van der Waals surface area (Å²) in [5.74, 6) is 0.861. The SMILES string of the molecule is CCCOc1ccc(CNC2CCC3(CC2)C(=O)Nc2ccccc23)cn1. The summed E-state index contributed by atoms with van der Waals surface area (Å²) in [4.78, 5) is 17.0. The van der Waals surface area contributed by atoms with Gasteiger partial charge in [-0.1, -0.05) is 31.2 Å². The lowest BCUT2D eigenvalue weighted by Gasteiger charge is -2.36. The normalized spacial score (nSPS) is 23.9. The van der Waals surface area contributed by atoms with Gasteiger partial charge < -0.3 is 15.4 Å². The molecule has 1 aliphatic heterocycles. The molecule has 2 aromatic rings. The van der Waals surface area contributed by atoms with Crippen LogP contribution < -0.4 is 15.4 Å². The Morgan fingerprint density at radius 1 is 1.22 bits per heavy atom. The third kappa shape index (κ3) is 3.56. The Morgan fingerprint density at radius 2 is 2.04 bits per heavy atom. The smallest absolute Gasteiger partial charge is 0.235 e. The molecule has 27 heavy (non-hydrogen) atoms. The number of nitrogens with zero attached hydrogens (tertiary/aromatic N) is 1.